The first kappa shape index (κ1) is 19.7. The second-order valence-corrected chi connectivity index (χ2v) is 10.3. The highest BCUT2D eigenvalue weighted by Crippen LogP contribution is 2.28. The number of sulfonamides is 1. The van der Waals surface area contributed by atoms with Crippen LogP contribution in [-0.2, 0) is 14.8 Å². The number of hydrogen-bond acceptors (Lipinski definition) is 5. The molecule has 0 aliphatic carbocycles. The first-order valence-corrected chi connectivity index (χ1v) is 10.6. The van der Waals surface area contributed by atoms with E-state index in [1.165, 1.54) is 10.4 Å². The molecule has 0 radical (unpaired) electrons. The summed E-state index contributed by atoms with van der Waals surface area (Å²) in [5.41, 5.74) is 5.98. The fourth-order valence-corrected chi connectivity index (χ4v) is 5.87. The lowest BCUT2D eigenvalue weighted by Crippen LogP contribution is -2.46. The Balaban J connectivity index is 2.03. The summed E-state index contributed by atoms with van der Waals surface area (Å²) in [5, 5.41) is 0. The lowest BCUT2D eigenvalue weighted by atomic mass is 10.0. The summed E-state index contributed by atoms with van der Waals surface area (Å²) in [6, 6.07) is 2.58. The predicted molar refractivity (Wildman–Crippen MR) is 96.7 cm³/mol. The number of carbonyl (C=O) groups excluding carboxylic acids is 1. The minimum Gasteiger partial charge on any atom is -0.340 e. The molecule has 24 heavy (non-hydrogen) atoms. The Morgan fingerprint density at radius 3 is 2.58 bits per heavy atom. The molecule has 1 amide bonds. The fraction of sp³-hybridized carbons (Fsp3) is 0.667. The fourth-order valence-electron chi connectivity index (χ4n) is 2.76. The molecule has 1 fully saturated rings. The molecule has 1 atom stereocenters. The third kappa shape index (κ3) is 4.70. The van der Waals surface area contributed by atoms with Crippen LogP contribution in [0.4, 0.5) is 0 Å². The van der Waals surface area contributed by atoms with Crippen LogP contribution in [0.1, 0.15) is 26.7 Å². The normalized spacial score (nSPS) is 18.6. The Hall–Kier alpha value is -0.670. The summed E-state index contributed by atoms with van der Waals surface area (Å²) >= 11 is 6.90. The van der Waals surface area contributed by atoms with E-state index in [0.717, 1.165) is 11.3 Å². The van der Waals surface area contributed by atoms with Crippen LogP contribution < -0.4 is 5.73 Å². The van der Waals surface area contributed by atoms with Gasteiger partial charge in [0.1, 0.15) is 4.21 Å². The molecular formula is C15H24ClN3O3S2. The lowest BCUT2D eigenvalue weighted by molar-refractivity contribution is -0.132. The third-order valence-corrected chi connectivity index (χ3v) is 7.55. The zero-order valence-electron chi connectivity index (χ0n) is 13.9. The Morgan fingerprint density at radius 2 is 2.00 bits per heavy atom. The SMILES string of the molecule is CC(C)C[C@H](N)C(=O)N1CCCN(S(=O)(=O)c2ccc(Cl)s2)CC1. The predicted octanol–water partition coefficient (Wildman–Crippen LogP) is 2.00. The first-order chi connectivity index (χ1) is 11.2. The van der Waals surface area contributed by atoms with Crippen molar-refractivity contribution in [1.82, 2.24) is 9.21 Å². The summed E-state index contributed by atoms with van der Waals surface area (Å²) < 4.78 is 27.4. The summed E-state index contributed by atoms with van der Waals surface area (Å²) in [6.45, 7) is 5.61. The molecule has 2 heterocycles. The van der Waals surface area contributed by atoms with Gasteiger partial charge in [-0.25, -0.2) is 8.42 Å². The van der Waals surface area contributed by atoms with Crippen LogP contribution in [-0.4, -0.2) is 55.8 Å². The molecule has 0 spiro atoms. The minimum atomic E-state index is -3.55. The van der Waals surface area contributed by atoms with Crippen molar-refractivity contribution >= 4 is 38.9 Å². The van der Waals surface area contributed by atoms with E-state index in [4.69, 9.17) is 17.3 Å². The van der Waals surface area contributed by atoms with E-state index in [9.17, 15) is 13.2 Å². The molecule has 1 aliphatic heterocycles. The molecular weight excluding hydrogens is 370 g/mol. The van der Waals surface area contributed by atoms with Gasteiger partial charge < -0.3 is 10.6 Å². The topological polar surface area (TPSA) is 83.7 Å². The standard InChI is InChI=1S/C15H24ClN3O3S2/c1-11(2)10-12(17)15(20)18-6-3-7-19(9-8-18)24(21,22)14-5-4-13(16)23-14/h4-5,11-12H,3,6-10,17H2,1-2H3/t12-/m0/s1. The quantitative estimate of drug-likeness (QED) is 0.829. The summed E-state index contributed by atoms with van der Waals surface area (Å²) in [4.78, 5) is 14.1. The Morgan fingerprint density at radius 1 is 1.29 bits per heavy atom. The number of carbonyl (C=O) groups is 1. The molecule has 0 unspecified atom stereocenters. The maximum absolute atomic E-state index is 12.7. The molecule has 1 aromatic rings. The summed E-state index contributed by atoms with van der Waals surface area (Å²) in [6.07, 6.45) is 1.23. The van der Waals surface area contributed by atoms with Crippen LogP contribution >= 0.6 is 22.9 Å². The van der Waals surface area contributed by atoms with Gasteiger partial charge in [-0.15, -0.1) is 11.3 Å². The zero-order chi connectivity index (χ0) is 17.9. The van der Waals surface area contributed by atoms with Crippen LogP contribution in [0.15, 0.2) is 16.3 Å². The summed E-state index contributed by atoms with van der Waals surface area (Å²) in [5.74, 6) is 0.249. The van der Waals surface area contributed by atoms with Gasteiger partial charge in [-0.3, -0.25) is 4.79 Å². The van der Waals surface area contributed by atoms with Crippen molar-refractivity contribution < 1.29 is 13.2 Å². The lowest BCUT2D eigenvalue weighted by Gasteiger charge is -2.25. The molecule has 2 N–H and O–H groups in total. The second kappa shape index (κ2) is 8.14. The van der Waals surface area contributed by atoms with Gasteiger partial charge in [-0.2, -0.15) is 4.31 Å². The maximum atomic E-state index is 12.7. The molecule has 6 nitrogen and oxygen atoms in total. The number of thiophene rings is 1. The maximum Gasteiger partial charge on any atom is 0.252 e. The third-order valence-electron chi connectivity index (χ3n) is 3.95. The van der Waals surface area contributed by atoms with E-state index < -0.39 is 16.1 Å². The van der Waals surface area contributed by atoms with Crippen molar-refractivity contribution in [2.75, 3.05) is 26.2 Å². The summed E-state index contributed by atoms with van der Waals surface area (Å²) in [7, 11) is -3.55. The number of halogens is 1. The molecule has 2 rings (SSSR count). The average Bonchev–Trinajstić information content (AvgIpc) is 2.80. The highest BCUT2D eigenvalue weighted by atomic mass is 35.5. The highest BCUT2D eigenvalue weighted by molar-refractivity contribution is 7.91. The number of hydrogen-bond donors (Lipinski definition) is 1. The van der Waals surface area contributed by atoms with E-state index in [1.54, 1.807) is 11.0 Å². The van der Waals surface area contributed by atoms with Crippen LogP contribution in [0.5, 0.6) is 0 Å². The van der Waals surface area contributed by atoms with Crippen molar-refractivity contribution in [2.24, 2.45) is 11.7 Å². The van der Waals surface area contributed by atoms with Gasteiger partial charge in [0.2, 0.25) is 5.91 Å². The van der Waals surface area contributed by atoms with Crippen molar-refractivity contribution in [1.29, 1.82) is 0 Å². The molecule has 1 aliphatic rings. The van der Waals surface area contributed by atoms with Crippen LogP contribution in [0.3, 0.4) is 0 Å². The minimum absolute atomic E-state index is 0.0953. The Kier molecular flexibility index (Phi) is 6.66. The van der Waals surface area contributed by atoms with Gasteiger partial charge in [0, 0.05) is 26.2 Å². The highest BCUT2D eigenvalue weighted by Gasteiger charge is 2.30. The van der Waals surface area contributed by atoms with Crippen LogP contribution in [0, 0.1) is 5.92 Å². The molecule has 0 bridgehead atoms. The van der Waals surface area contributed by atoms with Gasteiger partial charge in [-0.1, -0.05) is 25.4 Å². The monoisotopic (exact) mass is 393 g/mol. The Bertz CT molecular complexity index is 675. The molecule has 1 saturated heterocycles. The smallest absolute Gasteiger partial charge is 0.252 e. The van der Waals surface area contributed by atoms with E-state index in [1.807, 2.05) is 13.8 Å². The van der Waals surface area contributed by atoms with Crippen molar-refractivity contribution in [3.63, 3.8) is 0 Å². The first-order valence-electron chi connectivity index (χ1n) is 8.01. The van der Waals surface area contributed by atoms with Crippen LogP contribution in [0.2, 0.25) is 4.34 Å². The van der Waals surface area contributed by atoms with Crippen molar-refractivity contribution in [2.45, 2.75) is 36.9 Å². The van der Waals surface area contributed by atoms with E-state index in [2.05, 4.69) is 0 Å². The van der Waals surface area contributed by atoms with Gasteiger partial charge in [0.25, 0.3) is 10.0 Å². The molecule has 0 saturated carbocycles. The Labute approximate surface area is 152 Å². The zero-order valence-corrected chi connectivity index (χ0v) is 16.3. The van der Waals surface area contributed by atoms with Crippen molar-refractivity contribution in [3.8, 4) is 0 Å². The second-order valence-electron chi connectivity index (χ2n) is 6.38. The van der Waals surface area contributed by atoms with Gasteiger partial charge in [0.15, 0.2) is 0 Å². The van der Waals surface area contributed by atoms with Gasteiger partial charge in [0.05, 0.1) is 10.4 Å². The van der Waals surface area contributed by atoms with E-state index >= 15 is 0 Å². The van der Waals surface area contributed by atoms with Crippen LogP contribution in [0.25, 0.3) is 0 Å². The molecule has 1 aromatic heterocycles. The largest absolute Gasteiger partial charge is 0.340 e. The molecule has 0 aromatic carbocycles. The van der Waals surface area contributed by atoms with E-state index in [-0.39, 0.29) is 16.7 Å². The van der Waals surface area contributed by atoms with E-state index in [0.29, 0.717) is 42.7 Å². The molecule has 9 heteroatoms. The number of nitrogens with zero attached hydrogens (tertiary/aromatic N) is 2. The molecule has 136 valence electrons. The number of amides is 1. The average molecular weight is 394 g/mol. The van der Waals surface area contributed by atoms with Crippen molar-refractivity contribution in [3.05, 3.63) is 16.5 Å². The van der Waals surface area contributed by atoms with Gasteiger partial charge >= 0.3 is 0 Å². The number of nitrogens with two attached hydrogens (primary N) is 1. The number of rotatable bonds is 5. The van der Waals surface area contributed by atoms with Gasteiger partial charge in [-0.05, 0) is 30.9 Å².